The second-order valence-corrected chi connectivity index (χ2v) is 6.58. The summed E-state index contributed by atoms with van der Waals surface area (Å²) in [6, 6.07) is 0.724. The highest BCUT2D eigenvalue weighted by molar-refractivity contribution is 5.78. The maximum atomic E-state index is 11.6. The monoisotopic (exact) mass is 283 g/mol. The standard InChI is InChI=1S/C15H29N3O2/c1-4-17-7-9-18(10-8-17)12(2)11-15(3,14(19)20)16-13-5-6-13/h12-13,16H,4-11H2,1-3H3,(H,19,20). The average Bonchev–Trinajstić information content (AvgIpc) is 3.22. The highest BCUT2D eigenvalue weighted by Gasteiger charge is 2.40. The van der Waals surface area contributed by atoms with Crippen molar-refractivity contribution < 1.29 is 9.90 Å². The number of carbonyl (C=O) groups is 1. The summed E-state index contributed by atoms with van der Waals surface area (Å²) in [5, 5.41) is 12.9. The van der Waals surface area contributed by atoms with Crippen molar-refractivity contribution in [1.29, 1.82) is 0 Å². The van der Waals surface area contributed by atoms with E-state index < -0.39 is 11.5 Å². The van der Waals surface area contributed by atoms with Gasteiger partial charge in [0.25, 0.3) is 0 Å². The van der Waals surface area contributed by atoms with Gasteiger partial charge in [-0.15, -0.1) is 0 Å². The molecular weight excluding hydrogens is 254 g/mol. The predicted octanol–water partition coefficient (Wildman–Crippen LogP) is 0.998. The lowest BCUT2D eigenvalue weighted by Crippen LogP contribution is -2.56. The molecule has 0 aromatic rings. The van der Waals surface area contributed by atoms with Crippen LogP contribution >= 0.6 is 0 Å². The second kappa shape index (κ2) is 6.41. The van der Waals surface area contributed by atoms with Crippen molar-refractivity contribution in [1.82, 2.24) is 15.1 Å². The van der Waals surface area contributed by atoms with Gasteiger partial charge in [0.15, 0.2) is 0 Å². The molecule has 2 unspecified atom stereocenters. The molecule has 2 fully saturated rings. The Bertz CT molecular complexity index is 338. The Morgan fingerprint density at radius 2 is 1.95 bits per heavy atom. The zero-order valence-electron chi connectivity index (χ0n) is 13.1. The smallest absolute Gasteiger partial charge is 0.323 e. The normalized spacial score (nSPS) is 26.1. The number of piperazine rings is 1. The Kier molecular flexibility index (Phi) is 5.04. The molecule has 2 atom stereocenters. The number of carboxylic acid groups (broad SMARTS) is 1. The third-order valence-corrected chi connectivity index (χ3v) is 4.75. The minimum atomic E-state index is -0.789. The van der Waals surface area contributed by atoms with Crippen LogP contribution in [0.25, 0.3) is 0 Å². The molecule has 0 bridgehead atoms. The molecule has 1 saturated carbocycles. The van der Waals surface area contributed by atoms with Crippen molar-refractivity contribution in [3.63, 3.8) is 0 Å². The number of aliphatic carboxylic acids is 1. The third-order valence-electron chi connectivity index (χ3n) is 4.75. The zero-order valence-corrected chi connectivity index (χ0v) is 13.1. The second-order valence-electron chi connectivity index (χ2n) is 6.58. The van der Waals surface area contributed by atoms with Gasteiger partial charge in [-0.3, -0.25) is 15.0 Å². The van der Waals surface area contributed by atoms with E-state index >= 15 is 0 Å². The Balaban J connectivity index is 1.87. The summed E-state index contributed by atoms with van der Waals surface area (Å²) in [5.74, 6) is -0.719. The lowest BCUT2D eigenvalue weighted by atomic mass is 9.92. The molecule has 0 radical (unpaired) electrons. The quantitative estimate of drug-likeness (QED) is 0.730. The number of rotatable bonds is 7. The maximum absolute atomic E-state index is 11.6. The summed E-state index contributed by atoms with van der Waals surface area (Å²) < 4.78 is 0. The van der Waals surface area contributed by atoms with E-state index in [0.717, 1.165) is 45.6 Å². The van der Waals surface area contributed by atoms with Crippen LogP contribution in [-0.4, -0.2) is 71.2 Å². The SMILES string of the molecule is CCN1CCN(C(C)CC(C)(NC2CC2)C(=O)O)CC1. The predicted molar refractivity (Wildman–Crippen MR) is 80.0 cm³/mol. The van der Waals surface area contributed by atoms with E-state index in [-0.39, 0.29) is 0 Å². The van der Waals surface area contributed by atoms with Gasteiger partial charge in [0.1, 0.15) is 5.54 Å². The van der Waals surface area contributed by atoms with Crippen molar-refractivity contribution in [2.45, 2.75) is 57.7 Å². The van der Waals surface area contributed by atoms with Crippen molar-refractivity contribution >= 4 is 5.97 Å². The van der Waals surface area contributed by atoms with E-state index in [9.17, 15) is 9.90 Å². The number of likely N-dealkylation sites (N-methyl/N-ethyl adjacent to an activating group) is 1. The average molecular weight is 283 g/mol. The molecule has 1 aliphatic heterocycles. The molecule has 2 rings (SSSR count). The molecule has 1 heterocycles. The lowest BCUT2D eigenvalue weighted by molar-refractivity contribution is -0.145. The molecule has 2 aliphatic rings. The van der Waals surface area contributed by atoms with Crippen LogP contribution in [0.5, 0.6) is 0 Å². The van der Waals surface area contributed by atoms with Crippen LogP contribution in [-0.2, 0) is 4.79 Å². The molecule has 5 heteroatoms. The Morgan fingerprint density at radius 1 is 1.35 bits per heavy atom. The van der Waals surface area contributed by atoms with Crippen LogP contribution in [0.15, 0.2) is 0 Å². The van der Waals surface area contributed by atoms with E-state index in [1.54, 1.807) is 0 Å². The summed E-state index contributed by atoms with van der Waals surface area (Å²) in [7, 11) is 0. The first-order valence-corrected chi connectivity index (χ1v) is 7.92. The first kappa shape index (κ1) is 15.7. The summed E-state index contributed by atoms with van der Waals surface area (Å²) in [4.78, 5) is 16.5. The van der Waals surface area contributed by atoms with Crippen molar-refractivity contribution in [2.75, 3.05) is 32.7 Å². The number of nitrogens with one attached hydrogen (secondary N) is 1. The number of hydrogen-bond acceptors (Lipinski definition) is 4. The Morgan fingerprint density at radius 3 is 2.40 bits per heavy atom. The van der Waals surface area contributed by atoms with E-state index in [4.69, 9.17) is 0 Å². The topological polar surface area (TPSA) is 55.8 Å². The van der Waals surface area contributed by atoms with Crippen LogP contribution in [0.1, 0.15) is 40.0 Å². The summed E-state index contributed by atoms with van der Waals surface area (Å²) in [6.07, 6.45) is 2.91. The van der Waals surface area contributed by atoms with Crippen LogP contribution < -0.4 is 5.32 Å². The number of carboxylic acids is 1. The van der Waals surface area contributed by atoms with Gasteiger partial charge in [-0.25, -0.2) is 0 Å². The lowest BCUT2D eigenvalue weighted by Gasteiger charge is -2.40. The molecule has 0 aromatic heterocycles. The summed E-state index contributed by atoms with van der Waals surface area (Å²) in [6.45, 7) is 11.6. The van der Waals surface area contributed by atoms with Gasteiger partial charge in [-0.2, -0.15) is 0 Å². The number of nitrogens with zero attached hydrogens (tertiary/aromatic N) is 2. The third kappa shape index (κ3) is 3.93. The van der Waals surface area contributed by atoms with Crippen LogP contribution in [0.4, 0.5) is 0 Å². The van der Waals surface area contributed by atoms with Crippen LogP contribution in [0.2, 0.25) is 0 Å². The fraction of sp³-hybridized carbons (Fsp3) is 0.933. The highest BCUT2D eigenvalue weighted by atomic mass is 16.4. The molecule has 5 nitrogen and oxygen atoms in total. The highest BCUT2D eigenvalue weighted by Crippen LogP contribution is 2.26. The van der Waals surface area contributed by atoms with E-state index in [0.29, 0.717) is 18.5 Å². The molecule has 116 valence electrons. The van der Waals surface area contributed by atoms with E-state index in [2.05, 4.69) is 29.0 Å². The van der Waals surface area contributed by atoms with E-state index in [1.807, 2.05) is 6.92 Å². The molecule has 0 aromatic carbocycles. The number of hydrogen-bond donors (Lipinski definition) is 2. The van der Waals surface area contributed by atoms with Gasteiger partial charge in [-0.05, 0) is 39.7 Å². The molecule has 20 heavy (non-hydrogen) atoms. The fourth-order valence-electron chi connectivity index (χ4n) is 3.13. The van der Waals surface area contributed by atoms with Crippen molar-refractivity contribution in [3.05, 3.63) is 0 Å². The van der Waals surface area contributed by atoms with E-state index in [1.165, 1.54) is 0 Å². The summed E-state index contributed by atoms with van der Waals surface area (Å²) >= 11 is 0. The Labute approximate surface area is 122 Å². The van der Waals surface area contributed by atoms with Gasteiger partial charge >= 0.3 is 5.97 Å². The molecule has 0 amide bonds. The van der Waals surface area contributed by atoms with Gasteiger partial charge in [-0.1, -0.05) is 6.92 Å². The largest absolute Gasteiger partial charge is 0.480 e. The van der Waals surface area contributed by atoms with Gasteiger partial charge in [0.2, 0.25) is 0 Å². The summed E-state index contributed by atoms with van der Waals surface area (Å²) in [5.41, 5.74) is -0.789. The Hall–Kier alpha value is -0.650. The van der Waals surface area contributed by atoms with Gasteiger partial charge in [0.05, 0.1) is 0 Å². The molecule has 1 aliphatic carbocycles. The van der Waals surface area contributed by atoms with Crippen molar-refractivity contribution in [2.24, 2.45) is 0 Å². The van der Waals surface area contributed by atoms with Crippen LogP contribution in [0.3, 0.4) is 0 Å². The molecule has 2 N–H and O–H groups in total. The minimum Gasteiger partial charge on any atom is -0.480 e. The molecule has 1 saturated heterocycles. The first-order valence-electron chi connectivity index (χ1n) is 7.92. The molecular formula is C15H29N3O2. The zero-order chi connectivity index (χ0) is 14.8. The van der Waals surface area contributed by atoms with Crippen molar-refractivity contribution in [3.8, 4) is 0 Å². The fourth-order valence-corrected chi connectivity index (χ4v) is 3.13. The minimum absolute atomic E-state index is 0.307. The maximum Gasteiger partial charge on any atom is 0.323 e. The van der Waals surface area contributed by atoms with Gasteiger partial charge in [0, 0.05) is 38.3 Å². The molecule has 0 spiro atoms. The van der Waals surface area contributed by atoms with Gasteiger partial charge < -0.3 is 10.0 Å². The van der Waals surface area contributed by atoms with Crippen LogP contribution in [0, 0.1) is 0 Å². The first-order chi connectivity index (χ1) is 9.44.